The number of benzene rings is 2. The minimum Gasteiger partial charge on any atom is -0.324 e. The minimum absolute atomic E-state index is 0.504. The predicted molar refractivity (Wildman–Crippen MR) is 111 cm³/mol. The molecule has 6 nitrogen and oxygen atoms in total. The average molecular weight is 377 g/mol. The zero-order chi connectivity index (χ0) is 18.9. The van der Waals surface area contributed by atoms with Gasteiger partial charge < -0.3 is 9.88 Å². The second-order valence-corrected chi connectivity index (χ2v) is 8.97. The van der Waals surface area contributed by atoms with Gasteiger partial charge in [0.25, 0.3) is 0 Å². The first-order valence-corrected chi connectivity index (χ1v) is 10.7. The molecule has 0 radical (unpaired) electrons. The van der Waals surface area contributed by atoms with Gasteiger partial charge in [0.05, 0.1) is 11.2 Å². The largest absolute Gasteiger partial charge is 0.324 e. The van der Waals surface area contributed by atoms with E-state index in [1.807, 2.05) is 53.2 Å². The van der Waals surface area contributed by atoms with E-state index in [4.69, 9.17) is 0 Å². The lowest BCUT2D eigenvalue weighted by Gasteiger charge is -2.08. The van der Waals surface area contributed by atoms with Crippen LogP contribution in [0, 0.1) is 0 Å². The summed E-state index contributed by atoms with van der Waals surface area (Å²) in [6.45, 7) is 0. The van der Waals surface area contributed by atoms with Crippen molar-refractivity contribution in [2.75, 3.05) is 17.8 Å². The number of hydrogen-bond donors (Lipinski definition) is 1. The molecule has 4 aromatic rings. The lowest BCUT2D eigenvalue weighted by molar-refractivity contribution is 0.684. The average Bonchev–Trinajstić information content (AvgIpc) is 3.07. The van der Waals surface area contributed by atoms with Crippen LogP contribution in [0.1, 0.15) is 0 Å². The number of rotatable bonds is 4. The van der Waals surface area contributed by atoms with Gasteiger partial charge in [-0.1, -0.05) is 18.2 Å². The Hall–Kier alpha value is -3.19. The van der Waals surface area contributed by atoms with Crippen LogP contribution in [0.2, 0.25) is 0 Å². The maximum atomic E-state index is 11.8. The maximum absolute atomic E-state index is 11.8. The molecule has 0 aliphatic rings. The zero-order valence-electron chi connectivity index (χ0n) is 15.0. The molecule has 7 heteroatoms. The SMILES string of the molecule is CS(C)(=O)=Nc1ccc(Nc2nccc(-n3ccc4ccccc43)n2)cc1. The molecular weight excluding hydrogens is 358 g/mol. The standard InChI is InChI=1S/C20H19N5OS/c1-27(2,26)24-17-9-7-16(8-10-17)22-20-21-13-11-19(23-20)25-14-12-15-5-3-4-6-18(15)25/h3-14H,1-2H3,(H,21,22,23). The number of nitrogens with one attached hydrogen (secondary N) is 1. The highest BCUT2D eigenvalue weighted by Gasteiger charge is 2.06. The highest BCUT2D eigenvalue weighted by atomic mass is 32.2. The van der Waals surface area contributed by atoms with Crippen LogP contribution in [0.5, 0.6) is 0 Å². The third-order valence-electron chi connectivity index (χ3n) is 3.94. The third-order valence-corrected chi connectivity index (χ3v) is 4.59. The van der Waals surface area contributed by atoms with Crippen molar-refractivity contribution in [1.29, 1.82) is 0 Å². The van der Waals surface area contributed by atoms with Crippen molar-refractivity contribution in [1.82, 2.24) is 14.5 Å². The van der Waals surface area contributed by atoms with Crippen molar-refractivity contribution in [3.63, 3.8) is 0 Å². The van der Waals surface area contributed by atoms with Crippen LogP contribution in [0.4, 0.5) is 17.3 Å². The van der Waals surface area contributed by atoms with Crippen molar-refractivity contribution in [2.45, 2.75) is 0 Å². The van der Waals surface area contributed by atoms with Gasteiger partial charge in [-0.25, -0.2) is 9.19 Å². The molecule has 1 N–H and O–H groups in total. The summed E-state index contributed by atoms with van der Waals surface area (Å²) in [4.78, 5) is 8.92. The molecule has 0 saturated heterocycles. The summed E-state index contributed by atoms with van der Waals surface area (Å²) in [5.41, 5.74) is 2.61. The topological polar surface area (TPSA) is 72.2 Å². The number of nitrogens with zero attached hydrogens (tertiary/aromatic N) is 4. The molecule has 4 rings (SSSR count). The molecule has 0 aliphatic heterocycles. The van der Waals surface area contributed by atoms with Crippen molar-refractivity contribution in [3.8, 4) is 5.82 Å². The van der Waals surface area contributed by atoms with Gasteiger partial charge in [-0.15, -0.1) is 0 Å². The first-order chi connectivity index (χ1) is 13.0. The lowest BCUT2D eigenvalue weighted by atomic mass is 10.2. The monoisotopic (exact) mass is 377 g/mol. The van der Waals surface area contributed by atoms with Crippen LogP contribution in [-0.2, 0) is 9.73 Å². The summed E-state index contributed by atoms with van der Waals surface area (Å²) >= 11 is 0. The van der Waals surface area contributed by atoms with Gasteiger partial charge in [-0.2, -0.15) is 9.35 Å². The highest BCUT2D eigenvalue weighted by Crippen LogP contribution is 2.22. The van der Waals surface area contributed by atoms with E-state index in [9.17, 15) is 4.21 Å². The quantitative estimate of drug-likeness (QED) is 0.567. The molecule has 0 unspecified atom stereocenters. The van der Waals surface area contributed by atoms with E-state index >= 15 is 0 Å². The fraction of sp³-hybridized carbons (Fsp3) is 0.100. The Balaban J connectivity index is 1.61. The minimum atomic E-state index is -2.17. The number of fused-ring (bicyclic) bond motifs is 1. The van der Waals surface area contributed by atoms with E-state index in [0.717, 1.165) is 22.4 Å². The van der Waals surface area contributed by atoms with E-state index in [2.05, 4.69) is 37.8 Å². The van der Waals surface area contributed by atoms with Crippen LogP contribution < -0.4 is 5.32 Å². The van der Waals surface area contributed by atoms with Crippen LogP contribution in [0.25, 0.3) is 16.7 Å². The predicted octanol–water partition coefficient (Wildman–Crippen LogP) is 4.52. The van der Waals surface area contributed by atoms with E-state index in [1.165, 1.54) is 0 Å². The third kappa shape index (κ3) is 3.98. The molecule has 0 atom stereocenters. The Kier molecular flexibility index (Phi) is 4.37. The number of para-hydroxylation sites is 1. The fourth-order valence-electron chi connectivity index (χ4n) is 2.81. The summed E-state index contributed by atoms with van der Waals surface area (Å²) in [6.07, 6.45) is 6.96. The van der Waals surface area contributed by atoms with E-state index in [-0.39, 0.29) is 0 Å². The maximum Gasteiger partial charge on any atom is 0.229 e. The summed E-state index contributed by atoms with van der Waals surface area (Å²) in [6, 6.07) is 19.5. The Bertz CT molecular complexity index is 1210. The molecule has 27 heavy (non-hydrogen) atoms. The Labute approximate surface area is 158 Å². The molecule has 0 fully saturated rings. The second kappa shape index (κ2) is 6.85. The number of anilines is 2. The fourth-order valence-corrected chi connectivity index (χ4v) is 3.44. The van der Waals surface area contributed by atoms with Gasteiger partial charge in [0.15, 0.2) is 0 Å². The first kappa shape index (κ1) is 17.2. The van der Waals surface area contributed by atoms with Crippen molar-refractivity contribution >= 4 is 38.0 Å². The molecule has 136 valence electrons. The van der Waals surface area contributed by atoms with E-state index in [0.29, 0.717) is 11.6 Å². The van der Waals surface area contributed by atoms with Gasteiger partial charge in [0.2, 0.25) is 5.95 Å². The molecule has 2 aromatic carbocycles. The zero-order valence-corrected chi connectivity index (χ0v) is 15.9. The van der Waals surface area contributed by atoms with Crippen molar-refractivity contribution < 1.29 is 4.21 Å². The van der Waals surface area contributed by atoms with Gasteiger partial charge in [-0.05, 0) is 47.9 Å². The van der Waals surface area contributed by atoms with Crippen molar-refractivity contribution in [2.24, 2.45) is 4.36 Å². The Morgan fingerprint density at radius 1 is 1.00 bits per heavy atom. The van der Waals surface area contributed by atoms with Crippen LogP contribution >= 0.6 is 0 Å². The van der Waals surface area contributed by atoms with Crippen molar-refractivity contribution in [3.05, 3.63) is 73.1 Å². The van der Waals surface area contributed by atoms with Gasteiger partial charge in [-0.3, -0.25) is 0 Å². The lowest BCUT2D eigenvalue weighted by Crippen LogP contribution is -2.01. The van der Waals surface area contributed by atoms with Gasteiger partial charge >= 0.3 is 0 Å². The molecular formula is C20H19N5OS. The summed E-state index contributed by atoms with van der Waals surface area (Å²) in [7, 11) is -2.17. The molecule has 0 spiro atoms. The molecule has 0 bridgehead atoms. The van der Waals surface area contributed by atoms with E-state index in [1.54, 1.807) is 18.7 Å². The normalized spacial score (nSPS) is 11.5. The smallest absolute Gasteiger partial charge is 0.229 e. The number of aromatic nitrogens is 3. The molecule has 2 heterocycles. The first-order valence-electron chi connectivity index (χ1n) is 8.42. The summed E-state index contributed by atoms with van der Waals surface area (Å²) in [5.74, 6) is 1.29. The van der Waals surface area contributed by atoms with E-state index < -0.39 is 9.73 Å². The number of hydrogen-bond acceptors (Lipinski definition) is 5. The second-order valence-electron chi connectivity index (χ2n) is 6.43. The summed E-state index contributed by atoms with van der Waals surface area (Å²) < 4.78 is 18.0. The molecule has 0 amide bonds. The van der Waals surface area contributed by atoms with Crippen LogP contribution in [0.15, 0.2) is 77.4 Å². The van der Waals surface area contributed by atoms with Crippen LogP contribution in [0.3, 0.4) is 0 Å². The Morgan fingerprint density at radius 3 is 2.56 bits per heavy atom. The molecule has 2 aromatic heterocycles. The van der Waals surface area contributed by atoms with Gasteiger partial charge in [0, 0.05) is 40.3 Å². The molecule has 0 saturated carbocycles. The summed E-state index contributed by atoms with van der Waals surface area (Å²) in [5, 5.41) is 4.36. The molecule has 0 aliphatic carbocycles. The van der Waals surface area contributed by atoms with Gasteiger partial charge in [0.1, 0.15) is 5.82 Å². The highest BCUT2D eigenvalue weighted by molar-refractivity contribution is 7.92. The Morgan fingerprint density at radius 2 is 1.78 bits per heavy atom. The van der Waals surface area contributed by atoms with Crippen LogP contribution in [-0.4, -0.2) is 31.3 Å².